The van der Waals surface area contributed by atoms with Crippen molar-refractivity contribution in [3.63, 3.8) is 0 Å². The number of nitrogens with zero attached hydrogens (tertiary/aromatic N) is 6. The van der Waals surface area contributed by atoms with E-state index in [1.807, 2.05) is 121 Å². The number of guanidine groups is 1. The van der Waals surface area contributed by atoms with E-state index in [-0.39, 0.29) is 38.2 Å². The van der Waals surface area contributed by atoms with E-state index in [0.717, 1.165) is 39.2 Å². The van der Waals surface area contributed by atoms with Crippen molar-refractivity contribution < 1.29 is 19.8 Å². The maximum Gasteiger partial charge on any atom is 0.242 e. The number of aliphatic hydroxyl groups is 2. The van der Waals surface area contributed by atoms with Crippen LogP contribution in [0.3, 0.4) is 0 Å². The van der Waals surface area contributed by atoms with Gasteiger partial charge in [-0.1, -0.05) is 163 Å². The van der Waals surface area contributed by atoms with Crippen LogP contribution in [0.2, 0.25) is 20.1 Å². The number of benzene rings is 6. The Balaban J connectivity index is 0.000000235. The lowest BCUT2D eigenvalue weighted by atomic mass is 9.91. The number of hydrogen-bond acceptors (Lipinski definition) is 10. The van der Waals surface area contributed by atoms with E-state index in [1.165, 1.54) is 5.56 Å². The maximum absolute atomic E-state index is 11.9. The highest BCUT2D eigenvalue weighted by Crippen LogP contribution is 2.32. The Morgan fingerprint density at radius 2 is 1.01 bits per heavy atom. The number of amidine groups is 1. The smallest absolute Gasteiger partial charge is 0.242 e. The molecule has 73 heavy (non-hydrogen) atoms. The van der Waals surface area contributed by atoms with Gasteiger partial charge in [0.05, 0.1) is 63.4 Å². The van der Waals surface area contributed by atoms with Crippen LogP contribution in [-0.2, 0) is 22.7 Å². The molecule has 19 heteroatoms. The predicted molar refractivity (Wildman–Crippen MR) is 298 cm³/mol. The van der Waals surface area contributed by atoms with Gasteiger partial charge in [0.2, 0.25) is 17.2 Å². The van der Waals surface area contributed by atoms with Crippen LogP contribution in [0.25, 0.3) is 0 Å². The fourth-order valence-electron chi connectivity index (χ4n) is 7.31. The second-order valence-electron chi connectivity index (χ2n) is 16.3. The normalized spacial score (nSPS) is 16.1. The number of primary amides is 1. The molecule has 6 aromatic rings. The van der Waals surface area contributed by atoms with E-state index < -0.39 is 24.6 Å². The Kier molecular flexibility index (Phi) is 22.9. The molecule has 6 aromatic carbocycles. The summed E-state index contributed by atoms with van der Waals surface area (Å²) in [5.74, 6) is -0.625. The Morgan fingerprint density at radius 3 is 1.40 bits per heavy atom. The summed E-state index contributed by atoms with van der Waals surface area (Å²) in [4.78, 5) is 31.4. The van der Waals surface area contributed by atoms with Crippen LogP contribution in [0.1, 0.15) is 52.6 Å². The Hall–Kier alpha value is -6.17. The number of nitrogens with two attached hydrogens (primary N) is 3. The quantitative estimate of drug-likeness (QED) is 0.0348. The van der Waals surface area contributed by atoms with Gasteiger partial charge in [0, 0.05) is 31.9 Å². The van der Waals surface area contributed by atoms with Crippen LogP contribution >= 0.6 is 58.0 Å². The van der Waals surface area contributed by atoms with Gasteiger partial charge >= 0.3 is 0 Å². The number of hydrazone groups is 2. The van der Waals surface area contributed by atoms with Gasteiger partial charge in [-0.3, -0.25) is 14.6 Å². The lowest BCUT2D eigenvalue weighted by Gasteiger charge is -2.23. The Morgan fingerprint density at radius 1 is 0.616 bits per heavy atom. The first-order chi connectivity index (χ1) is 34.8. The van der Waals surface area contributed by atoms with E-state index in [0.29, 0.717) is 57.5 Å². The molecule has 0 aromatic heterocycles. The monoisotopic (exact) mass is 1080 g/mol. The highest BCUT2D eigenvalue weighted by molar-refractivity contribution is 6.64. The van der Waals surface area contributed by atoms with E-state index in [9.17, 15) is 14.7 Å². The highest BCUT2D eigenvalue weighted by Gasteiger charge is 2.33. The molecule has 9 N–H and O–H groups in total. The van der Waals surface area contributed by atoms with E-state index in [4.69, 9.17) is 90.5 Å². The van der Waals surface area contributed by atoms with Gasteiger partial charge in [-0.15, -0.1) is 0 Å². The lowest BCUT2D eigenvalue weighted by Crippen LogP contribution is -2.51. The molecule has 0 saturated heterocycles. The highest BCUT2D eigenvalue weighted by atomic mass is 35.5. The number of halogens is 5. The van der Waals surface area contributed by atoms with Gasteiger partial charge in [-0.2, -0.15) is 10.2 Å². The minimum atomic E-state index is -1.01. The summed E-state index contributed by atoms with van der Waals surface area (Å²) >= 11 is 30.6. The van der Waals surface area contributed by atoms with Crippen LogP contribution in [0.15, 0.2) is 178 Å². The predicted octanol–water partition coefficient (Wildman–Crippen LogP) is 8.85. The molecule has 2 aliphatic rings. The molecule has 0 bridgehead atoms. The van der Waals surface area contributed by atoms with Crippen LogP contribution < -0.4 is 22.5 Å². The zero-order valence-corrected chi connectivity index (χ0v) is 42.6. The SMILES string of the molecule is C.ClC(=NCc1ccc(Cl)cc1)N1CC(c2ccccc2)C(c2ccc(Cl)cc2)=N1.NC(=O)C(CO)NC(=NCc1ccc(Cl)cc1)N1CC(c2ccccc2)C(c2ccc(Cl)cc2)=N1.NCC(=O)C(N)CO. The Labute approximate surface area is 450 Å². The first-order valence-corrected chi connectivity index (χ1v) is 24.5. The number of carbonyl (C=O) groups excluding carboxylic acids is 2. The van der Waals surface area contributed by atoms with Crippen LogP contribution in [0.5, 0.6) is 0 Å². The summed E-state index contributed by atoms with van der Waals surface area (Å²) in [6, 6.07) is 48.7. The van der Waals surface area contributed by atoms with Crippen LogP contribution in [0.4, 0.5) is 0 Å². The molecular weight excluding hydrogens is 1030 g/mol. The topological polar surface area (TPSA) is 221 Å². The van der Waals surface area contributed by atoms with Gasteiger partial charge < -0.3 is 32.7 Å². The van der Waals surface area contributed by atoms with Gasteiger partial charge in [-0.25, -0.2) is 15.0 Å². The number of hydrogen-bond donors (Lipinski definition) is 6. The van der Waals surface area contributed by atoms with Crippen molar-refractivity contribution in [1.82, 2.24) is 15.3 Å². The number of amides is 1. The summed E-state index contributed by atoms with van der Waals surface area (Å²) in [6.07, 6.45) is 0. The van der Waals surface area contributed by atoms with Gasteiger partial charge in [0.15, 0.2) is 5.78 Å². The molecule has 0 spiro atoms. The lowest BCUT2D eigenvalue weighted by molar-refractivity contribution is -0.121. The number of Topliss-reactive ketones (excluding diaryl/α,β-unsaturated/α-hetero) is 1. The summed E-state index contributed by atoms with van der Waals surface area (Å²) < 4.78 is 0. The minimum absolute atomic E-state index is 0. The maximum atomic E-state index is 11.9. The molecule has 0 radical (unpaired) electrons. The van der Waals surface area contributed by atoms with Crippen molar-refractivity contribution in [3.05, 3.63) is 211 Å². The van der Waals surface area contributed by atoms with Crippen molar-refractivity contribution in [2.24, 2.45) is 37.4 Å². The largest absolute Gasteiger partial charge is 0.394 e. The molecule has 8 rings (SSSR count). The zero-order chi connectivity index (χ0) is 51.6. The molecule has 0 fully saturated rings. The second kappa shape index (κ2) is 28.9. The average molecular weight is 1090 g/mol. The molecule has 0 aliphatic carbocycles. The summed E-state index contributed by atoms with van der Waals surface area (Å²) in [7, 11) is 0. The molecule has 4 atom stereocenters. The van der Waals surface area contributed by atoms with Crippen molar-refractivity contribution in [2.45, 2.75) is 44.4 Å². The zero-order valence-electron chi connectivity index (χ0n) is 38.8. The molecule has 382 valence electrons. The average Bonchev–Trinajstić information content (AvgIpc) is 4.06. The molecule has 0 saturated carbocycles. The number of nitrogens with one attached hydrogen (secondary N) is 1. The van der Waals surface area contributed by atoms with Gasteiger partial charge in [0.1, 0.15) is 6.04 Å². The molecular formula is C54H57Cl5N10O4. The Bertz CT molecular complexity index is 2820. The van der Waals surface area contributed by atoms with Gasteiger partial charge in [-0.05, 0) is 93.5 Å². The first-order valence-electron chi connectivity index (χ1n) is 22.6. The van der Waals surface area contributed by atoms with Crippen molar-refractivity contribution in [3.8, 4) is 0 Å². The first kappa shape index (κ1) is 57.7. The fourth-order valence-corrected chi connectivity index (χ4v) is 7.98. The second-order valence-corrected chi connectivity index (χ2v) is 18.4. The number of ketones is 1. The summed E-state index contributed by atoms with van der Waals surface area (Å²) in [5, 5.41) is 37.1. The summed E-state index contributed by atoms with van der Waals surface area (Å²) in [6.45, 7) is 0.996. The third-order valence-electron chi connectivity index (χ3n) is 11.2. The number of aliphatic hydroxyl groups excluding tert-OH is 2. The molecule has 2 aliphatic heterocycles. The van der Waals surface area contributed by atoms with E-state index >= 15 is 0 Å². The van der Waals surface area contributed by atoms with Crippen LogP contribution in [0, 0.1) is 0 Å². The van der Waals surface area contributed by atoms with Crippen molar-refractivity contribution in [2.75, 3.05) is 32.8 Å². The van der Waals surface area contributed by atoms with Crippen molar-refractivity contribution >= 4 is 92.4 Å². The summed E-state index contributed by atoms with van der Waals surface area (Å²) in [5.41, 5.74) is 23.4. The molecule has 2 heterocycles. The molecule has 4 unspecified atom stereocenters. The van der Waals surface area contributed by atoms with E-state index in [2.05, 4.69) is 39.6 Å². The molecule has 14 nitrogen and oxygen atoms in total. The standard InChI is InChI=1S/C26H25Cl2N5O2.C23H18Cl3N3.C4H10N2O2.CH4/c27-20-10-6-17(7-11-20)14-30-26(31-23(16-34)25(29)35)33-15-22(18-4-2-1-3-5-18)24(32-33)19-8-12-21(28)13-9-19;24-19-10-6-16(7-11-19)14-27-23(26)29-15-21(17-4-2-1-3-5-17)22(28-29)18-8-12-20(25)13-9-18;5-1-4(8)3(6)2-7;/h1-13,22-23,34H,14-16H2,(H2,29,35)(H,30,31);1-13,21H,14-15H2;3,7H,1-2,5-6H2;1H4. The van der Waals surface area contributed by atoms with E-state index in [1.54, 1.807) is 22.2 Å². The number of carbonyl (C=O) groups is 2. The number of rotatable bonds is 14. The third kappa shape index (κ3) is 16.9. The minimum Gasteiger partial charge on any atom is -0.394 e. The third-order valence-corrected chi connectivity index (χ3v) is 12.6. The fraction of sp³-hybridized carbons (Fsp3) is 0.222. The van der Waals surface area contributed by atoms with Crippen LogP contribution in [-0.4, -0.2) is 99.5 Å². The van der Waals surface area contributed by atoms with Crippen molar-refractivity contribution in [1.29, 1.82) is 0 Å². The number of aliphatic imine (C=N–C) groups is 2. The van der Waals surface area contributed by atoms with Gasteiger partial charge in [0.25, 0.3) is 0 Å². The molecule has 1 amide bonds.